The Morgan fingerprint density at radius 3 is 2.55 bits per heavy atom. The first-order valence-corrected chi connectivity index (χ1v) is 6.67. The molecule has 1 unspecified atom stereocenters. The number of nitrogens with one attached hydrogen (secondary N) is 3. The fourth-order valence-corrected chi connectivity index (χ4v) is 1.51. The van der Waals surface area contributed by atoms with Gasteiger partial charge in [-0.3, -0.25) is 20.5 Å². The highest BCUT2D eigenvalue weighted by Gasteiger charge is 2.15. The second-order valence-electron chi connectivity index (χ2n) is 4.43. The van der Waals surface area contributed by atoms with Crippen LogP contribution in [0.3, 0.4) is 0 Å². The fraction of sp³-hybridized carbons (Fsp3) is 0.750. The van der Waals surface area contributed by atoms with Crippen LogP contribution in [0.15, 0.2) is 4.99 Å². The summed E-state index contributed by atoms with van der Waals surface area (Å²) in [4.78, 5) is 26.9. The van der Waals surface area contributed by atoms with Gasteiger partial charge >= 0.3 is 6.03 Å². The second-order valence-corrected chi connectivity index (χ2v) is 4.43. The summed E-state index contributed by atoms with van der Waals surface area (Å²) >= 11 is 0. The van der Waals surface area contributed by atoms with E-state index in [1.165, 1.54) is 6.92 Å². The molecule has 0 bridgehead atoms. The van der Waals surface area contributed by atoms with Crippen LogP contribution in [-0.4, -0.2) is 48.5 Å². The fourth-order valence-electron chi connectivity index (χ4n) is 1.51. The van der Waals surface area contributed by atoms with Crippen molar-refractivity contribution >= 4 is 17.6 Å². The third-order valence-corrected chi connectivity index (χ3v) is 2.64. The lowest BCUT2D eigenvalue weighted by Gasteiger charge is -2.16. The van der Waals surface area contributed by atoms with Crippen LogP contribution in [0.4, 0.5) is 4.79 Å². The summed E-state index contributed by atoms with van der Waals surface area (Å²) in [7, 11) is 0. The van der Waals surface area contributed by atoms with Crippen LogP contribution in [0.2, 0.25) is 0 Å². The van der Waals surface area contributed by atoms with Gasteiger partial charge in [0.15, 0.2) is 5.78 Å². The molecule has 2 amide bonds. The van der Waals surface area contributed by atoms with Crippen LogP contribution in [-0.2, 0) is 4.79 Å². The van der Waals surface area contributed by atoms with Crippen LogP contribution in [0, 0.1) is 0 Å². The second kappa shape index (κ2) is 11.2. The van der Waals surface area contributed by atoms with Crippen LogP contribution in [0.1, 0.15) is 33.1 Å². The van der Waals surface area contributed by atoms with E-state index in [0.29, 0.717) is 31.9 Å². The Morgan fingerprint density at radius 2 is 2.00 bits per heavy atom. The van der Waals surface area contributed by atoms with E-state index in [-0.39, 0.29) is 11.8 Å². The number of hydrogen-bond acceptors (Lipinski definition) is 5. The standard InChI is InChI=1S/C12H25N5O3/c1-9(18)11(16-12(19)15-8-6-13)5-3-4-7-14-10(2)17-20/h11,20H,3-8,13H2,1-2H3,(H,14,17)(H2,15,16,19). The summed E-state index contributed by atoms with van der Waals surface area (Å²) < 4.78 is 0. The molecule has 1 atom stereocenters. The van der Waals surface area contributed by atoms with Gasteiger partial charge in [-0.15, -0.1) is 0 Å². The molecule has 0 saturated carbocycles. The molecule has 6 N–H and O–H groups in total. The molecule has 8 heteroatoms. The molecular formula is C12H25N5O3. The molecule has 0 saturated heterocycles. The number of ketones is 1. The molecule has 0 spiro atoms. The number of carbonyl (C=O) groups excluding carboxylic acids is 2. The van der Waals surface area contributed by atoms with Crippen molar-refractivity contribution < 1.29 is 14.8 Å². The van der Waals surface area contributed by atoms with E-state index in [1.54, 1.807) is 6.92 Å². The average molecular weight is 287 g/mol. The van der Waals surface area contributed by atoms with Gasteiger partial charge in [0.25, 0.3) is 0 Å². The summed E-state index contributed by atoms with van der Waals surface area (Å²) in [6.07, 6.45) is 2.09. The Kier molecular flexibility index (Phi) is 10.2. The highest BCUT2D eigenvalue weighted by Crippen LogP contribution is 2.03. The highest BCUT2D eigenvalue weighted by molar-refractivity contribution is 5.86. The van der Waals surface area contributed by atoms with E-state index in [9.17, 15) is 9.59 Å². The Labute approximate surface area is 119 Å². The maximum atomic E-state index is 11.4. The Hall–Kier alpha value is -1.67. The molecule has 0 fully saturated rings. The minimum Gasteiger partial charge on any atom is -0.337 e. The molecule has 0 aliphatic carbocycles. The van der Waals surface area contributed by atoms with E-state index < -0.39 is 6.04 Å². The smallest absolute Gasteiger partial charge is 0.315 e. The molecule has 8 nitrogen and oxygen atoms in total. The SMILES string of the molecule is CC(=O)C(CCCCN=C(C)NO)NC(=O)NCCN. The van der Waals surface area contributed by atoms with Crippen molar-refractivity contribution in [2.75, 3.05) is 19.6 Å². The third-order valence-electron chi connectivity index (χ3n) is 2.64. The van der Waals surface area contributed by atoms with Crippen molar-refractivity contribution in [3.63, 3.8) is 0 Å². The van der Waals surface area contributed by atoms with Gasteiger partial charge in [0.05, 0.1) is 6.04 Å². The Morgan fingerprint density at radius 1 is 1.30 bits per heavy atom. The minimum absolute atomic E-state index is 0.0791. The number of amides is 2. The monoisotopic (exact) mass is 287 g/mol. The van der Waals surface area contributed by atoms with Gasteiger partial charge in [0.1, 0.15) is 5.84 Å². The van der Waals surface area contributed by atoms with Gasteiger partial charge in [0.2, 0.25) is 0 Å². The summed E-state index contributed by atoms with van der Waals surface area (Å²) in [5, 5.41) is 13.7. The zero-order valence-corrected chi connectivity index (χ0v) is 12.1. The number of unbranched alkanes of at least 4 members (excludes halogenated alkanes) is 1. The van der Waals surface area contributed by atoms with Crippen molar-refractivity contribution in [2.24, 2.45) is 10.7 Å². The number of rotatable bonds is 9. The number of amidine groups is 1. The Balaban J connectivity index is 3.97. The lowest BCUT2D eigenvalue weighted by molar-refractivity contribution is -0.118. The van der Waals surface area contributed by atoms with Crippen molar-refractivity contribution in [1.29, 1.82) is 0 Å². The lowest BCUT2D eigenvalue weighted by atomic mass is 10.1. The normalized spacial score (nSPS) is 12.7. The van der Waals surface area contributed by atoms with Crippen molar-refractivity contribution in [3.05, 3.63) is 0 Å². The van der Waals surface area contributed by atoms with Gasteiger partial charge in [-0.05, 0) is 33.1 Å². The molecule has 116 valence electrons. The third kappa shape index (κ3) is 9.29. The molecule has 0 aliphatic rings. The van der Waals surface area contributed by atoms with Crippen LogP contribution < -0.4 is 21.8 Å². The summed E-state index contributed by atoms with van der Waals surface area (Å²) in [6.45, 7) is 4.39. The van der Waals surface area contributed by atoms with E-state index >= 15 is 0 Å². The zero-order valence-electron chi connectivity index (χ0n) is 12.1. The summed E-state index contributed by atoms with van der Waals surface area (Å²) in [5.74, 6) is 0.372. The summed E-state index contributed by atoms with van der Waals surface area (Å²) in [6, 6.07) is -0.872. The van der Waals surface area contributed by atoms with E-state index in [1.807, 2.05) is 5.48 Å². The number of hydroxylamine groups is 1. The molecule has 0 aromatic rings. The van der Waals surface area contributed by atoms with Gasteiger partial charge in [-0.2, -0.15) is 0 Å². The first-order chi connectivity index (χ1) is 9.51. The van der Waals surface area contributed by atoms with Crippen molar-refractivity contribution in [3.8, 4) is 0 Å². The average Bonchev–Trinajstić information content (AvgIpc) is 2.42. The molecule has 0 aromatic heterocycles. The van der Waals surface area contributed by atoms with E-state index in [2.05, 4.69) is 15.6 Å². The van der Waals surface area contributed by atoms with Gasteiger partial charge < -0.3 is 16.4 Å². The number of urea groups is 1. The highest BCUT2D eigenvalue weighted by atomic mass is 16.5. The van der Waals surface area contributed by atoms with Crippen LogP contribution in [0.5, 0.6) is 0 Å². The maximum Gasteiger partial charge on any atom is 0.315 e. The van der Waals surface area contributed by atoms with Crippen molar-refractivity contribution in [2.45, 2.75) is 39.2 Å². The topological polar surface area (TPSA) is 129 Å². The molecule has 0 rings (SSSR count). The number of nitrogens with zero attached hydrogens (tertiary/aromatic N) is 1. The van der Waals surface area contributed by atoms with Gasteiger partial charge in [-0.1, -0.05) is 0 Å². The molecular weight excluding hydrogens is 262 g/mol. The largest absolute Gasteiger partial charge is 0.337 e. The minimum atomic E-state index is -0.492. The quantitative estimate of drug-likeness (QED) is 0.173. The molecule has 0 aliphatic heterocycles. The van der Waals surface area contributed by atoms with Crippen LogP contribution >= 0.6 is 0 Å². The first kappa shape index (κ1) is 18.3. The molecule has 20 heavy (non-hydrogen) atoms. The number of Topliss-reactive ketones (excluding diaryl/α,β-unsaturated/α-hetero) is 1. The van der Waals surface area contributed by atoms with Crippen molar-refractivity contribution in [1.82, 2.24) is 16.1 Å². The maximum absolute atomic E-state index is 11.4. The van der Waals surface area contributed by atoms with Gasteiger partial charge in [0, 0.05) is 19.6 Å². The molecule has 0 radical (unpaired) electrons. The predicted molar refractivity (Wildman–Crippen MR) is 76.8 cm³/mol. The van der Waals surface area contributed by atoms with E-state index in [4.69, 9.17) is 10.9 Å². The molecule has 0 aromatic carbocycles. The van der Waals surface area contributed by atoms with E-state index in [0.717, 1.165) is 12.8 Å². The Bertz CT molecular complexity index is 333. The number of aliphatic imine (C=N–C) groups is 1. The summed E-state index contributed by atoms with van der Waals surface area (Å²) in [5.41, 5.74) is 7.22. The number of nitrogens with two attached hydrogens (primary N) is 1. The zero-order chi connectivity index (χ0) is 15.4. The predicted octanol–water partition coefficient (Wildman–Crippen LogP) is -0.231. The van der Waals surface area contributed by atoms with Crippen LogP contribution in [0.25, 0.3) is 0 Å². The first-order valence-electron chi connectivity index (χ1n) is 6.67. The molecule has 0 heterocycles. The number of hydrogen-bond donors (Lipinski definition) is 5. The lowest BCUT2D eigenvalue weighted by Crippen LogP contribution is -2.46. The van der Waals surface area contributed by atoms with Gasteiger partial charge in [-0.25, -0.2) is 4.79 Å². The number of carbonyl (C=O) groups is 2.